The van der Waals surface area contributed by atoms with Crippen LogP contribution in [0.15, 0.2) is 42.7 Å². The van der Waals surface area contributed by atoms with Gasteiger partial charge in [0.1, 0.15) is 22.8 Å². The van der Waals surface area contributed by atoms with Crippen LogP contribution in [0, 0.1) is 6.92 Å². The second-order valence-electron chi connectivity index (χ2n) is 6.36. The van der Waals surface area contributed by atoms with E-state index in [1.807, 2.05) is 49.0 Å². The second-order valence-corrected chi connectivity index (χ2v) is 6.72. The molecule has 1 atom stereocenters. The summed E-state index contributed by atoms with van der Waals surface area (Å²) in [5, 5.41) is 7.73. The van der Waals surface area contributed by atoms with Gasteiger partial charge < -0.3 is 14.6 Å². The Kier molecular flexibility index (Phi) is 5.84. The Morgan fingerprint density at radius 2 is 2.14 bits per heavy atom. The summed E-state index contributed by atoms with van der Waals surface area (Å²) in [5.41, 5.74) is 2.34. The standard InChI is InChI=1S/C20H22ClN5O2/c1-13-16(19(21)26(3)24-13)8-9-17(27)23-18(20-22-10-11-25(20)2)14-6-5-7-15(12-14)28-4/h5-12,18H,1-4H3,(H,23,27)/b9-8+. The molecule has 1 N–H and O–H groups in total. The molecule has 2 heterocycles. The third-order valence-electron chi connectivity index (χ3n) is 4.43. The first kappa shape index (κ1) is 19.7. The lowest BCUT2D eigenvalue weighted by molar-refractivity contribution is -0.117. The number of hydrogen-bond donors (Lipinski definition) is 1. The first-order valence-electron chi connectivity index (χ1n) is 8.69. The number of methoxy groups -OCH3 is 1. The molecule has 0 saturated carbocycles. The van der Waals surface area contributed by atoms with Gasteiger partial charge in [-0.25, -0.2) is 4.98 Å². The van der Waals surface area contributed by atoms with Gasteiger partial charge in [0, 0.05) is 38.1 Å². The fraction of sp³-hybridized carbons (Fsp3) is 0.250. The number of carbonyl (C=O) groups is 1. The fourth-order valence-electron chi connectivity index (χ4n) is 2.96. The van der Waals surface area contributed by atoms with Gasteiger partial charge in [0.25, 0.3) is 0 Å². The topological polar surface area (TPSA) is 74.0 Å². The largest absolute Gasteiger partial charge is 0.497 e. The Balaban J connectivity index is 1.88. The Morgan fingerprint density at radius 3 is 2.75 bits per heavy atom. The molecule has 1 aromatic carbocycles. The van der Waals surface area contributed by atoms with Crippen molar-refractivity contribution in [3.63, 3.8) is 0 Å². The van der Waals surface area contributed by atoms with Crippen molar-refractivity contribution >= 4 is 23.6 Å². The predicted molar refractivity (Wildman–Crippen MR) is 108 cm³/mol. The van der Waals surface area contributed by atoms with Crippen LogP contribution < -0.4 is 10.1 Å². The molecule has 8 heteroatoms. The number of aromatic nitrogens is 4. The highest BCUT2D eigenvalue weighted by molar-refractivity contribution is 6.31. The monoisotopic (exact) mass is 399 g/mol. The summed E-state index contributed by atoms with van der Waals surface area (Å²) in [6.07, 6.45) is 6.65. The van der Waals surface area contributed by atoms with Gasteiger partial charge in [0.2, 0.25) is 5.91 Å². The number of rotatable bonds is 6. The van der Waals surface area contributed by atoms with Crippen LogP contribution in [0.5, 0.6) is 5.75 Å². The fourth-order valence-corrected chi connectivity index (χ4v) is 3.20. The van der Waals surface area contributed by atoms with E-state index in [2.05, 4.69) is 15.4 Å². The van der Waals surface area contributed by atoms with Crippen LogP contribution in [0.3, 0.4) is 0 Å². The zero-order valence-corrected chi connectivity index (χ0v) is 16.9. The SMILES string of the molecule is COc1cccc(C(NC(=O)/C=C/c2c(C)nn(C)c2Cl)c2nccn2C)c1. The molecule has 0 bridgehead atoms. The molecule has 2 aromatic heterocycles. The van der Waals surface area contributed by atoms with Gasteiger partial charge in [0.05, 0.1) is 12.8 Å². The molecule has 0 radical (unpaired) electrons. The summed E-state index contributed by atoms with van der Waals surface area (Å²) in [6.45, 7) is 1.84. The third kappa shape index (κ3) is 4.09. The lowest BCUT2D eigenvalue weighted by Gasteiger charge is -2.19. The van der Waals surface area contributed by atoms with Crippen molar-refractivity contribution in [2.45, 2.75) is 13.0 Å². The van der Waals surface area contributed by atoms with Crippen LogP contribution in [0.4, 0.5) is 0 Å². The van der Waals surface area contributed by atoms with Crippen LogP contribution in [0.25, 0.3) is 6.08 Å². The van der Waals surface area contributed by atoms with Crippen molar-refractivity contribution in [2.75, 3.05) is 7.11 Å². The number of benzene rings is 1. The predicted octanol–water partition coefficient (Wildman–Crippen LogP) is 3.04. The molecule has 0 aliphatic heterocycles. The second kappa shape index (κ2) is 8.31. The highest BCUT2D eigenvalue weighted by atomic mass is 35.5. The Morgan fingerprint density at radius 1 is 1.36 bits per heavy atom. The summed E-state index contributed by atoms with van der Waals surface area (Å²) in [5.74, 6) is 1.15. The number of aryl methyl sites for hydroxylation is 3. The molecule has 0 aliphatic carbocycles. The summed E-state index contributed by atoms with van der Waals surface area (Å²) >= 11 is 6.22. The van der Waals surface area contributed by atoms with Crippen LogP contribution in [-0.4, -0.2) is 32.3 Å². The first-order valence-corrected chi connectivity index (χ1v) is 9.07. The number of halogens is 1. The van der Waals surface area contributed by atoms with E-state index in [0.717, 1.165) is 11.3 Å². The zero-order valence-electron chi connectivity index (χ0n) is 16.2. The number of nitrogens with zero attached hydrogens (tertiary/aromatic N) is 4. The Hall–Kier alpha value is -3.06. The maximum absolute atomic E-state index is 12.7. The minimum Gasteiger partial charge on any atom is -0.497 e. The van der Waals surface area contributed by atoms with Gasteiger partial charge in [-0.05, 0) is 30.7 Å². The summed E-state index contributed by atoms with van der Waals surface area (Å²) < 4.78 is 8.76. The molecular weight excluding hydrogens is 378 g/mol. The maximum atomic E-state index is 12.7. The highest BCUT2D eigenvalue weighted by Crippen LogP contribution is 2.24. The number of nitrogens with one attached hydrogen (secondary N) is 1. The minimum absolute atomic E-state index is 0.268. The number of carbonyl (C=O) groups excluding carboxylic acids is 1. The van der Waals surface area contributed by atoms with E-state index in [-0.39, 0.29) is 5.91 Å². The van der Waals surface area contributed by atoms with Crippen LogP contribution in [0.1, 0.15) is 28.7 Å². The van der Waals surface area contributed by atoms with E-state index < -0.39 is 6.04 Å². The molecule has 146 valence electrons. The molecule has 7 nitrogen and oxygen atoms in total. The van der Waals surface area contributed by atoms with Crippen molar-refractivity contribution in [3.05, 3.63) is 70.5 Å². The van der Waals surface area contributed by atoms with E-state index >= 15 is 0 Å². The molecule has 1 unspecified atom stereocenters. The molecule has 0 saturated heterocycles. The van der Waals surface area contributed by atoms with Crippen molar-refractivity contribution < 1.29 is 9.53 Å². The summed E-state index contributed by atoms with van der Waals surface area (Å²) in [6, 6.07) is 7.11. The van der Waals surface area contributed by atoms with Gasteiger partial charge in [-0.3, -0.25) is 9.48 Å². The number of amides is 1. The molecule has 28 heavy (non-hydrogen) atoms. The summed E-state index contributed by atoms with van der Waals surface area (Å²) in [7, 11) is 5.25. The number of hydrogen-bond acceptors (Lipinski definition) is 4. The van der Waals surface area contributed by atoms with Crippen molar-refractivity contribution in [2.24, 2.45) is 14.1 Å². The Labute approximate surface area is 168 Å². The molecule has 3 rings (SSSR count). The van der Waals surface area contributed by atoms with Crippen molar-refractivity contribution in [1.82, 2.24) is 24.6 Å². The van der Waals surface area contributed by atoms with Crippen LogP contribution >= 0.6 is 11.6 Å². The molecule has 1 amide bonds. The molecule has 0 aliphatic rings. The molecule has 0 fully saturated rings. The average Bonchev–Trinajstić information content (AvgIpc) is 3.21. The van der Waals surface area contributed by atoms with E-state index in [4.69, 9.17) is 16.3 Å². The van der Waals surface area contributed by atoms with E-state index in [9.17, 15) is 4.79 Å². The number of ether oxygens (including phenoxy) is 1. The molecule has 3 aromatic rings. The number of imidazole rings is 1. The van der Waals surface area contributed by atoms with Crippen LogP contribution in [-0.2, 0) is 18.9 Å². The lowest BCUT2D eigenvalue weighted by Crippen LogP contribution is -2.29. The van der Waals surface area contributed by atoms with Crippen molar-refractivity contribution in [1.29, 1.82) is 0 Å². The quantitative estimate of drug-likeness (QED) is 0.646. The van der Waals surface area contributed by atoms with Crippen molar-refractivity contribution in [3.8, 4) is 5.75 Å². The zero-order chi connectivity index (χ0) is 20.3. The van der Waals surface area contributed by atoms with E-state index in [1.165, 1.54) is 6.08 Å². The summed E-state index contributed by atoms with van der Waals surface area (Å²) in [4.78, 5) is 17.1. The third-order valence-corrected chi connectivity index (χ3v) is 4.88. The first-order chi connectivity index (χ1) is 13.4. The molecular formula is C20H22ClN5O2. The average molecular weight is 400 g/mol. The lowest BCUT2D eigenvalue weighted by atomic mass is 10.1. The maximum Gasteiger partial charge on any atom is 0.244 e. The van der Waals surface area contributed by atoms with Gasteiger partial charge in [0.15, 0.2) is 0 Å². The van der Waals surface area contributed by atoms with Gasteiger partial charge >= 0.3 is 0 Å². The van der Waals surface area contributed by atoms with E-state index in [1.54, 1.807) is 31.1 Å². The van der Waals surface area contributed by atoms with E-state index in [0.29, 0.717) is 22.3 Å². The molecule has 0 spiro atoms. The van der Waals surface area contributed by atoms with Gasteiger partial charge in [-0.2, -0.15) is 5.10 Å². The van der Waals surface area contributed by atoms with Gasteiger partial charge in [-0.1, -0.05) is 23.7 Å². The highest BCUT2D eigenvalue weighted by Gasteiger charge is 2.20. The Bertz CT molecular complexity index is 1020. The van der Waals surface area contributed by atoms with Crippen LogP contribution in [0.2, 0.25) is 5.15 Å². The van der Waals surface area contributed by atoms with Gasteiger partial charge in [-0.15, -0.1) is 0 Å². The smallest absolute Gasteiger partial charge is 0.244 e. The minimum atomic E-state index is -0.433. The normalized spacial score (nSPS) is 12.3.